The van der Waals surface area contributed by atoms with Gasteiger partial charge in [-0.15, -0.1) is 0 Å². The molecule has 36 heavy (non-hydrogen) atoms. The van der Waals surface area contributed by atoms with Crippen LogP contribution in [0, 0.1) is 17.0 Å². The minimum Gasteiger partial charge on any atom is -0.470 e. The maximum atomic E-state index is 12.9. The molecule has 0 aliphatic carbocycles. The monoisotopic (exact) mass is 503 g/mol. The number of aryl methyl sites for hydroxylation is 1. The maximum absolute atomic E-state index is 12.9. The van der Waals surface area contributed by atoms with Gasteiger partial charge in [-0.25, -0.2) is 18.4 Å². The van der Waals surface area contributed by atoms with Crippen molar-refractivity contribution >= 4 is 21.9 Å². The van der Waals surface area contributed by atoms with Crippen LogP contribution in [0.3, 0.4) is 0 Å². The van der Waals surface area contributed by atoms with Crippen molar-refractivity contribution in [3.63, 3.8) is 0 Å². The van der Waals surface area contributed by atoms with E-state index in [1.807, 2.05) is 13.0 Å². The zero-order chi connectivity index (χ0) is 25.5. The van der Waals surface area contributed by atoms with E-state index in [1.165, 1.54) is 24.4 Å². The summed E-state index contributed by atoms with van der Waals surface area (Å²) < 4.78 is 34.2. The molecular formula is C25H21N5O5S. The molecule has 0 radical (unpaired) electrons. The van der Waals surface area contributed by atoms with Gasteiger partial charge in [-0.05, 0) is 30.7 Å². The van der Waals surface area contributed by atoms with Gasteiger partial charge in [-0.3, -0.25) is 19.8 Å². The molecule has 0 unspecified atom stereocenters. The van der Waals surface area contributed by atoms with Crippen molar-refractivity contribution in [2.45, 2.75) is 18.4 Å². The summed E-state index contributed by atoms with van der Waals surface area (Å²) in [6.45, 7) is 1.96. The van der Waals surface area contributed by atoms with E-state index < -0.39 is 14.9 Å². The smallest absolute Gasteiger partial charge is 0.263 e. The SMILES string of the molecule is Cc1ccc(S(=O)(=O)Nc2ncc(-c3ccc(C=C[N+](=O)[O-])cc3)nc2OCc2cccnc2)cc1. The van der Waals surface area contributed by atoms with Gasteiger partial charge >= 0.3 is 0 Å². The molecule has 0 aliphatic heterocycles. The lowest BCUT2D eigenvalue weighted by molar-refractivity contribution is -0.400. The minimum absolute atomic E-state index is 0.00985. The number of anilines is 1. The van der Waals surface area contributed by atoms with Gasteiger partial charge in [-0.1, -0.05) is 48.0 Å². The highest BCUT2D eigenvalue weighted by atomic mass is 32.2. The fourth-order valence-corrected chi connectivity index (χ4v) is 4.14. The van der Waals surface area contributed by atoms with Crippen LogP contribution < -0.4 is 9.46 Å². The molecule has 2 aromatic heterocycles. The third kappa shape index (κ3) is 6.27. The van der Waals surface area contributed by atoms with Gasteiger partial charge in [0.15, 0.2) is 0 Å². The van der Waals surface area contributed by atoms with Crippen LogP contribution >= 0.6 is 0 Å². The average Bonchev–Trinajstić information content (AvgIpc) is 2.88. The lowest BCUT2D eigenvalue weighted by Crippen LogP contribution is -2.15. The van der Waals surface area contributed by atoms with Crippen molar-refractivity contribution in [1.82, 2.24) is 15.0 Å². The van der Waals surface area contributed by atoms with Gasteiger partial charge < -0.3 is 4.74 Å². The summed E-state index contributed by atoms with van der Waals surface area (Å²) in [5.41, 5.74) is 3.43. The van der Waals surface area contributed by atoms with Gasteiger partial charge in [0.25, 0.3) is 15.9 Å². The number of pyridine rings is 1. The molecule has 0 aliphatic rings. The number of ether oxygens (including phenoxy) is 1. The fourth-order valence-electron chi connectivity index (χ4n) is 3.13. The van der Waals surface area contributed by atoms with E-state index in [2.05, 4.69) is 19.7 Å². The summed E-state index contributed by atoms with van der Waals surface area (Å²) in [6.07, 6.45) is 6.92. The van der Waals surface area contributed by atoms with Crippen LogP contribution in [0.1, 0.15) is 16.7 Å². The molecule has 0 atom stereocenters. The van der Waals surface area contributed by atoms with Crippen LogP contribution in [-0.4, -0.2) is 28.3 Å². The quantitative estimate of drug-likeness (QED) is 0.261. The van der Waals surface area contributed by atoms with Crippen LogP contribution in [-0.2, 0) is 16.6 Å². The van der Waals surface area contributed by atoms with Crippen molar-refractivity contribution in [3.8, 4) is 17.1 Å². The van der Waals surface area contributed by atoms with Crippen LogP contribution in [0.5, 0.6) is 5.88 Å². The number of nitrogens with zero attached hydrogens (tertiary/aromatic N) is 4. The zero-order valence-electron chi connectivity index (χ0n) is 19.1. The summed E-state index contributed by atoms with van der Waals surface area (Å²) >= 11 is 0. The molecule has 0 spiro atoms. The molecule has 2 aromatic carbocycles. The first kappa shape index (κ1) is 24.5. The van der Waals surface area contributed by atoms with E-state index in [-0.39, 0.29) is 23.2 Å². The second kappa shape index (κ2) is 10.7. The van der Waals surface area contributed by atoms with E-state index in [0.717, 1.165) is 17.3 Å². The highest BCUT2D eigenvalue weighted by Gasteiger charge is 2.20. The number of hydrogen-bond acceptors (Lipinski definition) is 8. The van der Waals surface area contributed by atoms with Crippen molar-refractivity contribution in [2.75, 3.05) is 4.72 Å². The van der Waals surface area contributed by atoms with Gasteiger partial charge in [0.1, 0.15) is 6.61 Å². The van der Waals surface area contributed by atoms with Gasteiger partial charge in [0, 0.05) is 29.6 Å². The summed E-state index contributed by atoms with van der Waals surface area (Å²) in [7, 11) is -3.94. The number of rotatable bonds is 9. The summed E-state index contributed by atoms with van der Waals surface area (Å²) in [6, 6.07) is 16.8. The number of hydrogen-bond donors (Lipinski definition) is 1. The fraction of sp³-hybridized carbons (Fsp3) is 0.0800. The molecular weight excluding hydrogens is 482 g/mol. The van der Waals surface area contributed by atoms with E-state index in [0.29, 0.717) is 16.8 Å². The Labute approximate surface area is 207 Å². The highest BCUT2D eigenvalue weighted by Crippen LogP contribution is 2.28. The molecule has 2 heterocycles. The molecule has 11 heteroatoms. The second-order valence-corrected chi connectivity index (χ2v) is 9.38. The number of aromatic nitrogens is 3. The lowest BCUT2D eigenvalue weighted by atomic mass is 10.1. The Kier molecular flexibility index (Phi) is 7.31. The topological polar surface area (TPSA) is 137 Å². The molecule has 0 bridgehead atoms. The molecule has 4 rings (SSSR count). The molecule has 10 nitrogen and oxygen atoms in total. The van der Waals surface area contributed by atoms with E-state index in [1.54, 1.807) is 54.9 Å². The van der Waals surface area contributed by atoms with E-state index in [9.17, 15) is 18.5 Å². The van der Waals surface area contributed by atoms with Crippen molar-refractivity contribution in [2.24, 2.45) is 0 Å². The summed E-state index contributed by atoms with van der Waals surface area (Å²) in [4.78, 5) is 22.9. The van der Waals surface area contributed by atoms with Gasteiger partial charge in [0.2, 0.25) is 12.0 Å². The number of nitrogens with one attached hydrogen (secondary N) is 1. The van der Waals surface area contributed by atoms with Gasteiger partial charge in [-0.2, -0.15) is 0 Å². The Hall–Kier alpha value is -4.64. The highest BCUT2D eigenvalue weighted by molar-refractivity contribution is 7.92. The number of nitro groups is 1. The van der Waals surface area contributed by atoms with Crippen LogP contribution in [0.4, 0.5) is 5.82 Å². The minimum atomic E-state index is -3.94. The Balaban J connectivity index is 1.65. The molecule has 4 aromatic rings. The first-order chi connectivity index (χ1) is 17.3. The Morgan fingerprint density at radius 2 is 1.81 bits per heavy atom. The Morgan fingerprint density at radius 1 is 1.06 bits per heavy atom. The largest absolute Gasteiger partial charge is 0.470 e. The predicted molar refractivity (Wildman–Crippen MR) is 134 cm³/mol. The number of benzene rings is 2. The maximum Gasteiger partial charge on any atom is 0.263 e. The van der Waals surface area contributed by atoms with E-state index in [4.69, 9.17) is 4.74 Å². The molecule has 0 saturated carbocycles. The third-order valence-corrected chi connectivity index (χ3v) is 6.35. The van der Waals surface area contributed by atoms with Gasteiger partial charge in [0.05, 0.1) is 21.7 Å². The zero-order valence-corrected chi connectivity index (χ0v) is 19.9. The lowest BCUT2D eigenvalue weighted by Gasteiger charge is -2.13. The van der Waals surface area contributed by atoms with Crippen LogP contribution in [0.15, 0.2) is 90.3 Å². The molecule has 0 amide bonds. The molecule has 0 fully saturated rings. The Morgan fingerprint density at radius 3 is 2.47 bits per heavy atom. The van der Waals surface area contributed by atoms with Crippen molar-refractivity contribution in [3.05, 3.63) is 112 Å². The standard InChI is InChI=1S/C25H21N5O5S/c1-18-4-10-22(11-5-18)36(33,34)29-24-25(35-17-20-3-2-13-26-15-20)28-23(16-27-24)21-8-6-19(7-9-21)12-14-30(31)32/h2-16H,17H2,1H3,(H,27,29). The molecule has 0 saturated heterocycles. The van der Waals surface area contributed by atoms with Crippen molar-refractivity contribution < 1.29 is 18.1 Å². The first-order valence-corrected chi connectivity index (χ1v) is 12.2. The summed E-state index contributed by atoms with van der Waals surface area (Å²) in [5, 5.41) is 10.5. The van der Waals surface area contributed by atoms with Crippen LogP contribution in [0.25, 0.3) is 17.3 Å². The van der Waals surface area contributed by atoms with E-state index >= 15 is 0 Å². The van der Waals surface area contributed by atoms with Crippen LogP contribution in [0.2, 0.25) is 0 Å². The van der Waals surface area contributed by atoms with Crippen molar-refractivity contribution in [1.29, 1.82) is 0 Å². The average molecular weight is 504 g/mol. The second-order valence-electron chi connectivity index (χ2n) is 7.70. The third-order valence-electron chi connectivity index (χ3n) is 5.00. The molecule has 1 N–H and O–H groups in total. The first-order valence-electron chi connectivity index (χ1n) is 10.7. The normalized spacial score (nSPS) is 11.4. The number of sulfonamides is 1. The predicted octanol–water partition coefficient (Wildman–Crippen LogP) is 4.47. The Bertz CT molecular complexity index is 1490. The summed E-state index contributed by atoms with van der Waals surface area (Å²) in [5.74, 6) is -0.0712. The molecule has 182 valence electrons.